The van der Waals surface area contributed by atoms with E-state index in [1.807, 2.05) is 30.4 Å². The van der Waals surface area contributed by atoms with Crippen molar-refractivity contribution in [3.05, 3.63) is 48.6 Å². The van der Waals surface area contributed by atoms with Crippen molar-refractivity contribution in [2.75, 3.05) is 13.2 Å². The summed E-state index contributed by atoms with van der Waals surface area (Å²) < 4.78 is 17.6. The lowest BCUT2D eigenvalue weighted by molar-refractivity contribution is -0.305. The number of unbranched alkanes of at least 4 members (excludes halogenated alkanes) is 34. The van der Waals surface area contributed by atoms with Gasteiger partial charge in [0.2, 0.25) is 5.91 Å². The number of hydrogen-bond acceptors (Lipinski definition) is 10. The number of carbonyl (C=O) groups excluding carboxylic acids is 2. The van der Waals surface area contributed by atoms with Gasteiger partial charge in [0.1, 0.15) is 24.4 Å². The summed E-state index contributed by atoms with van der Waals surface area (Å²) in [5.74, 6) is -1.21. The minimum absolute atomic E-state index is 0.124. The number of hydrogen-bond donors (Lipinski definition) is 6. The summed E-state index contributed by atoms with van der Waals surface area (Å²) in [5, 5.41) is 56.9. The Kier molecular flexibility index (Phi) is 48.3. The van der Waals surface area contributed by atoms with Crippen LogP contribution in [0.2, 0.25) is 0 Å². The van der Waals surface area contributed by atoms with Crippen molar-refractivity contribution in [3.63, 3.8) is 0 Å². The van der Waals surface area contributed by atoms with Gasteiger partial charge in [-0.3, -0.25) is 9.59 Å². The number of esters is 1. The maximum Gasteiger partial charge on any atom is 0.306 e. The fraction of sp³-hybridized carbons (Fsp3) is 0.841. The molecule has 74 heavy (non-hydrogen) atoms. The largest absolute Gasteiger partial charge is 0.454 e. The fourth-order valence-electron chi connectivity index (χ4n) is 9.65. The average molecular weight is 1050 g/mol. The molecule has 1 aliphatic rings. The smallest absolute Gasteiger partial charge is 0.306 e. The summed E-state index contributed by atoms with van der Waals surface area (Å²) in [6.07, 6.45) is 51.6. The van der Waals surface area contributed by atoms with Gasteiger partial charge in [-0.2, -0.15) is 0 Å². The van der Waals surface area contributed by atoms with Gasteiger partial charge in [0.05, 0.1) is 25.4 Å². The van der Waals surface area contributed by atoms with Crippen molar-refractivity contribution in [2.24, 2.45) is 0 Å². The van der Waals surface area contributed by atoms with E-state index in [9.17, 15) is 35.1 Å². The van der Waals surface area contributed by atoms with E-state index in [-0.39, 0.29) is 19.4 Å². The molecule has 1 rings (SSSR count). The van der Waals surface area contributed by atoms with E-state index in [1.165, 1.54) is 161 Å². The van der Waals surface area contributed by atoms with E-state index in [2.05, 4.69) is 38.2 Å². The van der Waals surface area contributed by atoms with Crippen molar-refractivity contribution in [2.45, 2.75) is 327 Å². The van der Waals surface area contributed by atoms with Crippen LogP contribution in [0.15, 0.2) is 48.6 Å². The van der Waals surface area contributed by atoms with Crippen molar-refractivity contribution in [1.29, 1.82) is 0 Å². The standard InChI is InChI=1S/C63H115NO10/c1-4-7-10-13-16-19-22-25-26-27-28-29-30-31-32-33-36-39-42-45-48-51-58(68)74-61-60(70)59(69)57(52-65)73-63(61)72-53-54(55(66)49-46-43-40-37-34-23-20-17-14-11-8-5-2)64-62(71)56(67)50-47-44-41-38-35-24-21-18-15-12-9-6-3/h9,12,15,18,21,24,46,49,54-57,59-61,63,65-67,69-70H,4-8,10-11,13-14,16-17,19-20,22-23,25-45,47-48,50-53H2,1-3H3,(H,64,71)/b12-9+,18-15+,24-21-,49-46+. The normalized spacial score (nSPS) is 19.6. The third-order valence-electron chi connectivity index (χ3n) is 14.6. The molecular weight excluding hydrogens is 931 g/mol. The van der Waals surface area contributed by atoms with Crippen LogP contribution in [0, 0.1) is 0 Å². The van der Waals surface area contributed by atoms with E-state index >= 15 is 0 Å². The number of aliphatic hydroxyl groups is 5. The van der Waals surface area contributed by atoms with Crippen molar-refractivity contribution in [1.82, 2.24) is 5.32 Å². The molecule has 432 valence electrons. The Hall–Kier alpha value is -2.38. The highest BCUT2D eigenvalue weighted by Gasteiger charge is 2.47. The number of aliphatic hydroxyl groups excluding tert-OH is 5. The first-order chi connectivity index (χ1) is 36.2. The fourth-order valence-corrected chi connectivity index (χ4v) is 9.65. The van der Waals surface area contributed by atoms with Crippen molar-refractivity contribution >= 4 is 11.9 Å². The Morgan fingerprint density at radius 3 is 1.45 bits per heavy atom. The lowest BCUT2D eigenvalue weighted by Crippen LogP contribution is -2.61. The van der Waals surface area contributed by atoms with Gasteiger partial charge in [-0.1, -0.05) is 275 Å². The van der Waals surface area contributed by atoms with E-state index in [4.69, 9.17) is 14.2 Å². The highest BCUT2D eigenvalue weighted by Crippen LogP contribution is 2.26. The zero-order valence-electron chi connectivity index (χ0n) is 47.7. The van der Waals surface area contributed by atoms with Crippen LogP contribution in [0.25, 0.3) is 0 Å². The van der Waals surface area contributed by atoms with Crippen LogP contribution in [0.1, 0.15) is 278 Å². The quantitative estimate of drug-likeness (QED) is 0.0149. The first-order valence-corrected chi connectivity index (χ1v) is 30.9. The third-order valence-corrected chi connectivity index (χ3v) is 14.6. The Balaban J connectivity index is 2.64. The van der Waals surface area contributed by atoms with Crippen LogP contribution in [-0.2, 0) is 23.8 Å². The molecule has 0 saturated carbocycles. The molecule has 0 radical (unpaired) electrons. The molecular formula is C63H115NO10. The lowest BCUT2D eigenvalue weighted by atomic mass is 9.99. The minimum atomic E-state index is -1.61. The molecule has 0 aromatic carbocycles. The Bertz CT molecular complexity index is 1390. The predicted octanol–water partition coefficient (Wildman–Crippen LogP) is 14.4. The molecule has 1 amide bonds. The molecule has 1 saturated heterocycles. The topological polar surface area (TPSA) is 175 Å². The highest BCUT2D eigenvalue weighted by molar-refractivity contribution is 5.80. The van der Waals surface area contributed by atoms with Gasteiger partial charge in [0.25, 0.3) is 0 Å². The maximum absolute atomic E-state index is 13.4. The molecule has 6 N–H and O–H groups in total. The lowest BCUT2D eigenvalue weighted by Gasteiger charge is -2.41. The van der Waals surface area contributed by atoms with Crippen LogP contribution < -0.4 is 5.32 Å². The van der Waals surface area contributed by atoms with Crippen LogP contribution in [0.5, 0.6) is 0 Å². The summed E-state index contributed by atoms with van der Waals surface area (Å²) in [5.41, 5.74) is 0. The van der Waals surface area contributed by atoms with Crippen LogP contribution in [0.4, 0.5) is 0 Å². The number of carbonyl (C=O) groups is 2. The van der Waals surface area contributed by atoms with Crippen molar-refractivity contribution < 1.29 is 49.3 Å². The Morgan fingerprint density at radius 2 is 0.973 bits per heavy atom. The Labute approximate surface area is 453 Å². The van der Waals surface area contributed by atoms with E-state index in [0.29, 0.717) is 12.8 Å². The molecule has 1 heterocycles. The monoisotopic (exact) mass is 1050 g/mol. The highest BCUT2D eigenvalue weighted by atomic mass is 16.7. The molecule has 11 nitrogen and oxygen atoms in total. The molecule has 0 spiro atoms. The molecule has 0 bridgehead atoms. The SMILES string of the molecule is CC/C=C/C=C/C=C\CCCCCCC(O)C(=O)NC(COC1OC(CO)C(O)C(O)C1OC(=O)CCCCCCCCCCCCCCCCCCCCCCC)C(O)/C=C/CCCCCCCCCCCC. The molecule has 8 atom stereocenters. The van der Waals surface area contributed by atoms with E-state index < -0.39 is 67.4 Å². The zero-order valence-corrected chi connectivity index (χ0v) is 47.7. The summed E-state index contributed by atoms with van der Waals surface area (Å²) in [6.45, 7) is 5.65. The summed E-state index contributed by atoms with van der Waals surface area (Å²) in [6, 6.07) is -1.03. The van der Waals surface area contributed by atoms with Gasteiger partial charge in [0, 0.05) is 6.42 Å². The van der Waals surface area contributed by atoms with E-state index in [0.717, 1.165) is 70.6 Å². The summed E-state index contributed by atoms with van der Waals surface area (Å²) >= 11 is 0. The summed E-state index contributed by atoms with van der Waals surface area (Å²) in [7, 11) is 0. The second kappa shape index (κ2) is 51.4. The van der Waals surface area contributed by atoms with Crippen molar-refractivity contribution in [3.8, 4) is 0 Å². The zero-order chi connectivity index (χ0) is 54.0. The third kappa shape index (κ3) is 39.1. The Morgan fingerprint density at radius 1 is 0.541 bits per heavy atom. The summed E-state index contributed by atoms with van der Waals surface area (Å²) in [4.78, 5) is 26.5. The molecule has 1 aliphatic heterocycles. The predicted molar refractivity (Wildman–Crippen MR) is 306 cm³/mol. The van der Waals surface area contributed by atoms with Gasteiger partial charge in [-0.05, 0) is 44.9 Å². The number of amides is 1. The molecule has 0 aromatic heterocycles. The molecule has 8 unspecified atom stereocenters. The second-order valence-electron chi connectivity index (χ2n) is 21.5. The van der Waals surface area contributed by atoms with Crippen LogP contribution >= 0.6 is 0 Å². The molecule has 1 fully saturated rings. The second-order valence-corrected chi connectivity index (χ2v) is 21.5. The first kappa shape index (κ1) is 69.6. The molecule has 0 aliphatic carbocycles. The van der Waals surface area contributed by atoms with Crippen LogP contribution in [0.3, 0.4) is 0 Å². The first-order valence-electron chi connectivity index (χ1n) is 30.9. The number of nitrogens with one attached hydrogen (secondary N) is 1. The maximum atomic E-state index is 13.4. The number of rotatable bonds is 52. The number of ether oxygens (including phenoxy) is 3. The van der Waals surface area contributed by atoms with Crippen LogP contribution in [-0.4, -0.2) is 99.6 Å². The van der Waals surface area contributed by atoms with Gasteiger partial charge in [-0.25, -0.2) is 0 Å². The minimum Gasteiger partial charge on any atom is -0.454 e. The van der Waals surface area contributed by atoms with E-state index in [1.54, 1.807) is 6.08 Å². The van der Waals surface area contributed by atoms with Gasteiger partial charge >= 0.3 is 5.97 Å². The molecule has 11 heteroatoms. The number of allylic oxidation sites excluding steroid dienone is 7. The average Bonchev–Trinajstić information content (AvgIpc) is 3.40. The van der Waals surface area contributed by atoms with Gasteiger partial charge in [0.15, 0.2) is 12.4 Å². The van der Waals surface area contributed by atoms with Gasteiger partial charge < -0.3 is 45.1 Å². The molecule has 0 aromatic rings. The van der Waals surface area contributed by atoms with Gasteiger partial charge in [-0.15, -0.1) is 0 Å².